The van der Waals surface area contributed by atoms with Crippen molar-refractivity contribution >= 4 is 0 Å². The van der Waals surface area contributed by atoms with Gasteiger partial charge in [0, 0.05) is 0 Å². The number of allylic oxidation sites excluding steroid dienone is 13. The summed E-state index contributed by atoms with van der Waals surface area (Å²) in [5, 5.41) is 0. The Labute approximate surface area is 214 Å². The molecule has 192 valence electrons. The molecule has 0 saturated carbocycles. The molecule has 0 aromatic carbocycles. The molecule has 0 radical (unpaired) electrons. The second-order valence-corrected chi connectivity index (χ2v) is 11.4. The topological polar surface area (TPSA) is 0 Å². The van der Waals surface area contributed by atoms with Gasteiger partial charge in [0.1, 0.15) is 0 Å². The van der Waals surface area contributed by atoms with Gasteiger partial charge in [-0.3, -0.25) is 0 Å². The Bertz CT molecular complexity index is 831. The van der Waals surface area contributed by atoms with Crippen LogP contribution in [0.1, 0.15) is 122 Å². The number of unbranched alkanes of at least 4 members (excludes halogenated alkanes) is 2. The Hall–Kier alpha value is -1.82. The fraction of sp³-hybridized carbons (Fsp3) is 0.588. The molecular formula is C34H56. The van der Waals surface area contributed by atoms with E-state index in [1.54, 1.807) is 0 Å². The lowest BCUT2D eigenvalue weighted by Gasteiger charge is -2.21. The predicted octanol–water partition coefficient (Wildman–Crippen LogP) is 11.7. The van der Waals surface area contributed by atoms with Crippen LogP contribution >= 0.6 is 0 Å². The van der Waals surface area contributed by atoms with Crippen molar-refractivity contribution in [2.75, 3.05) is 0 Å². The first-order chi connectivity index (χ1) is 15.8. The number of hydrogen-bond donors (Lipinski definition) is 0. The highest BCUT2D eigenvalue weighted by Gasteiger charge is 2.15. The zero-order chi connectivity index (χ0) is 26.5. The standard InChI is InChI=1S/C34H56/c1-14-17-19-30(16-3)28(9)32(23-27(8)34(11,12)13)24-31(22-21-25(4)5)29(10)33(26(6)7)20-18-15-2/h16,21-25H,3,14-15,17-20H2,1-2,4-13H3/b22-21+,27-23+,30-28+,31-29+,32-24-. The maximum atomic E-state index is 4.17. The van der Waals surface area contributed by atoms with E-state index in [-0.39, 0.29) is 5.41 Å². The molecule has 34 heavy (non-hydrogen) atoms. The second kappa shape index (κ2) is 16.0. The van der Waals surface area contributed by atoms with Crippen LogP contribution in [0.2, 0.25) is 0 Å². The Kier molecular flexibility index (Phi) is 15.1. The highest BCUT2D eigenvalue weighted by molar-refractivity contribution is 5.54. The smallest absolute Gasteiger partial charge is 0.0172 e. The summed E-state index contributed by atoms with van der Waals surface area (Å²) in [4.78, 5) is 0. The molecule has 0 nitrogen and oxygen atoms in total. The molecule has 0 unspecified atom stereocenters. The maximum absolute atomic E-state index is 4.17. The van der Waals surface area contributed by atoms with Gasteiger partial charge < -0.3 is 0 Å². The summed E-state index contributed by atoms with van der Waals surface area (Å²) in [6.45, 7) is 31.5. The van der Waals surface area contributed by atoms with Gasteiger partial charge in [-0.1, -0.05) is 103 Å². The van der Waals surface area contributed by atoms with Crippen molar-refractivity contribution in [2.24, 2.45) is 11.3 Å². The highest BCUT2D eigenvalue weighted by Crippen LogP contribution is 2.32. The quantitative estimate of drug-likeness (QED) is 0.238. The van der Waals surface area contributed by atoms with Crippen LogP contribution in [0.15, 0.2) is 81.5 Å². The van der Waals surface area contributed by atoms with E-state index in [9.17, 15) is 0 Å². The Morgan fingerprint density at radius 1 is 0.824 bits per heavy atom. The van der Waals surface area contributed by atoms with Crippen LogP contribution in [0, 0.1) is 11.3 Å². The zero-order valence-corrected chi connectivity index (χ0v) is 24.9. The third-order valence-corrected chi connectivity index (χ3v) is 6.76. The van der Waals surface area contributed by atoms with E-state index in [1.165, 1.54) is 70.3 Å². The van der Waals surface area contributed by atoms with Crippen molar-refractivity contribution in [1.29, 1.82) is 0 Å². The van der Waals surface area contributed by atoms with Crippen molar-refractivity contribution in [1.82, 2.24) is 0 Å². The third-order valence-electron chi connectivity index (χ3n) is 6.76. The first kappa shape index (κ1) is 32.2. The lowest BCUT2D eigenvalue weighted by molar-refractivity contribution is 0.503. The third kappa shape index (κ3) is 11.5. The van der Waals surface area contributed by atoms with Gasteiger partial charge in [0.25, 0.3) is 0 Å². The summed E-state index contributed by atoms with van der Waals surface area (Å²) in [6, 6.07) is 0. The van der Waals surface area contributed by atoms with Crippen molar-refractivity contribution in [3.63, 3.8) is 0 Å². The molecule has 0 spiro atoms. The second-order valence-electron chi connectivity index (χ2n) is 11.4. The van der Waals surface area contributed by atoms with E-state index < -0.39 is 0 Å². The molecule has 0 atom stereocenters. The van der Waals surface area contributed by atoms with Gasteiger partial charge in [0.2, 0.25) is 0 Å². The molecule has 0 amide bonds. The van der Waals surface area contributed by atoms with Crippen LogP contribution < -0.4 is 0 Å². The van der Waals surface area contributed by atoms with Crippen molar-refractivity contribution < 1.29 is 0 Å². The molecule has 0 N–H and O–H groups in total. The maximum Gasteiger partial charge on any atom is -0.0172 e. The normalized spacial score (nSPS) is 15.0. The number of hydrogen-bond acceptors (Lipinski definition) is 0. The van der Waals surface area contributed by atoms with Crippen LogP contribution in [0.4, 0.5) is 0 Å². The largest absolute Gasteiger partial charge is 0.0988 e. The first-order valence-electron chi connectivity index (χ1n) is 13.6. The monoisotopic (exact) mass is 464 g/mol. The highest BCUT2D eigenvalue weighted by atomic mass is 14.2. The lowest BCUT2D eigenvalue weighted by Crippen LogP contribution is -2.07. The molecule has 0 aliphatic heterocycles. The van der Waals surface area contributed by atoms with E-state index in [2.05, 4.69) is 120 Å². The average molecular weight is 465 g/mol. The van der Waals surface area contributed by atoms with Crippen molar-refractivity contribution in [2.45, 2.75) is 122 Å². The minimum absolute atomic E-state index is 0.135. The fourth-order valence-corrected chi connectivity index (χ4v) is 3.79. The van der Waals surface area contributed by atoms with Crippen molar-refractivity contribution in [3.8, 4) is 0 Å². The summed E-state index contributed by atoms with van der Waals surface area (Å²) >= 11 is 0. The van der Waals surface area contributed by atoms with Gasteiger partial charge in [-0.25, -0.2) is 0 Å². The van der Waals surface area contributed by atoms with Gasteiger partial charge in [-0.2, -0.15) is 0 Å². The first-order valence-corrected chi connectivity index (χ1v) is 13.6. The van der Waals surface area contributed by atoms with Gasteiger partial charge in [0.05, 0.1) is 0 Å². The van der Waals surface area contributed by atoms with Crippen LogP contribution in [0.3, 0.4) is 0 Å². The van der Waals surface area contributed by atoms with E-state index >= 15 is 0 Å². The molecule has 0 saturated heterocycles. The Morgan fingerprint density at radius 2 is 1.38 bits per heavy atom. The molecule has 0 aliphatic carbocycles. The zero-order valence-electron chi connectivity index (χ0n) is 24.9. The average Bonchev–Trinajstić information content (AvgIpc) is 2.74. The molecular weight excluding hydrogens is 408 g/mol. The molecule has 0 aromatic heterocycles. The Morgan fingerprint density at radius 3 is 1.82 bits per heavy atom. The van der Waals surface area contributed by atoms with Gasteiger partial charge in [-0.15, -0.1) is 0 Å². The van der Waals surface area contributed by atoms with Crippen LogP contribution in [0.25, 0.3) is 0 Å². The van der Waals surface area contributed by atoms with Crippen LogP contribution in [-0.2, 0) is 0 Å². The lowest BCUT2D eigenvalue weighted by atomic mass is 9.84. The molecule has 0 heteroatoms. The molecule has 0 rings (SSSR count). The summed E-state index contributed by atoms with van der Waals surface area (Å²) in [5.41, 5.74) is 11.2. The molecule has 0 heterocycles. The summed E-state index contributed by atoms with van der Waals surface area (Å²) in [6.07, 6.45) is 18.7. The van der Waals surface area contributed by atoms with E-state index in [1.807, 2.05) is 0 Å². The summed E-state index contributed by atoms with van der Waals surface area (Å²) in [5.74, 6) is 0.516. The van der Waals surface area contributed by atoms with E-state index in [0.717, 1.165) is 12.8 Å². The van der Waals surface area contributed by atoms with E-state index in [4.69, 9.17) is 0 Å². The predicted molar refractivity (Wildman–Crippen MR) is 158 cm³/mol. The summed E-state index contributed by atoms with van der Waals surface area (Å²) < 4.78 is 0. The number of rotatable bonds is 13. The Balaban J connectivity index is 7.24. The molecule has 0 aliphatic rings. The molecule has 0 aromatic rings. The van der Waals surface area contributed by atoms with Crippen LogP contribution in [0.5, 0.6) is 0 Å². The van der Waals surface area contributed by atoms with Gasteiger partial charge in [0.15, 0.2) is 0 Å². The van der Waals surface area contributed by atoms with E-state index in [0.29, 0.717) is 5.92 Å². The SMILES string of the molecule is C=C\C(CCCC)=C(C)/C(=C\C(\C=C\C(C)C)=C(/C)C(CCCC)=C(C)C)/C=C(\C)C(C)(C)C. The fourth-order valence-electron chi connectivity index (χ4n) is 3.79. The van der Waals surface area contributed by atoms with Crippen LogP contribution in [-0.4, -0.2) is 0 Å². The molecule has 0 bridgehead atoms. The van der Waals surface area contributed by atoms with Gasteiger partial charge >= 0.3 is 0 Å². The summed E-state index contributed by atoms with van der Waals surface area (Å²) in [7, 11) is 0. The molecule has 0 fully saturated rings. The van der Waals surface area contributed by atoms with Crippen molar-refractivity contribution in [3.05, 3.63) is 81.5 Å². The van der Waals surface area contributed by atoms with Gasteiger partial charge in [-0.05, 0) is 111 Å². The minimum atomic E-state index is 0.135. The minimum Gasteiger partial charge on any atom is -0.0988 e.